The highest BCUT2D eigenvalue weighted by Gasteiger charge is 2.18. The number of amides is 1. The van der Waals surface area contributed by atoms with Gasteiger partial charge in [0.2, 0.25) is 10.0 Å². The molecule has 186 valence electrons. The number of anilines is 1. The van der Waals surface area contributed by atoms with Crippen LogP contribution >= 0.6 is 0 Å². The van der Waals surface area contributed by atoms with Crippen LogP contribution in [-0.2, 0) is 16.6 Å². The highest BCUT2D eigenvalue weighted by Crippen LogP contribution is 2.26. The van der Waals surface area contributed by atoms with E-state index in [1.54, 1.807) is 67.8 Å². The van der Waals surface area contributed by atoms with Gasteiger partial charge in [-0.05, 0) is 61.0 Å². The van der Waals surface area contributed by atoms with Crippen LogP contribution in [0.3, 0.4) is 0 Å². The number of carbonyl (C=O) groups excluding carboxylic acids is 1. The number of nitrogens with zero attached hydrogens (tertiary/aromatic N) is 1. The molecule has 9 heteroatoms. The minimum Gasteiger partial charge on any atom is -0.494 e. The number of hydrogen-bond donors (Lipinski definition) is 1. The van der Waals surface area contributed by atoms with Crippen molar-refractivity contribution in [2.24, 2.45) is 0 Å². The molecule has 0 radical (unpaired) electrons. The second-order valence-corrected chi connectivity index (χ2v) is 9.56. The lowest BCUT2D eigenvalue weighted by Gasteiger charge is -2.23. The first-order chi connectivity index (χ1) is 16.8. The molecule has 1 amide bonds. The maximum absolute atomic E-state index is 12.5. The molecule has 3 rings (SSSR count). The average Bonchev–Trinajstić information content (AvgIpc) is 2.86. The van der Waals surface area contributed by atoms with Gasteiger partial charge in [-0.15, -0.1) is 0 Å². The molecule has 0 atom stereocenters. The summed E-state index contributed by atoms with van der Waals surface area (Å²) in [7, 11) is -1.95. The summed E-state index contributed by atoms with van der Waals surface area (Å²) < 4.78 is 42.5. The van der Waals surface area contributed by atoms with Crippen molar-refractivity contribution < 1.29 is 27.4 Å². The molecule has 0 fully saturated rings. The highest BCUT2D eigenvalue weighted by molar-refractivity contribution is 7.92. The Balaban J connectivity index is 1.57. The van der Waals surface area contributed by atoms with E-state index in [9.17, 15) is 13.2 Å². The second kappa shape index (κ2) is 12.1. The Labute approximate surface area is 206 Å². The fraction of sp³-hybridized carbons (Fsp3) is 0.269. The summed E-state index contributed by atoms with van der Waals surface area (Å²) in [6, 6.07) is 21.0. The molecule has 0 saturated heterocycles. The van der Waals surface area contributed by atoms with Crippen LogP contribution in [0.1, 0.15) is 22.8 Å². The Morgan fingerprint density at radius 2 is 1.57 bits per heavy atom. The van der Waals surface area contributed by atoms with Crippen molar-refractivity contribution >= 4 is 21.6 Å². The number of rotatable bonds is 12. The van der Waals surface area contributed by atoms with E-state index in [1.807, 2.05) is 19.1 Å². The van der Waals surface area contributed by atoms with Crippen molar-refractivity contribution in [3.63, 3.8) is 0 Å². The molecule has 1 N–H and O–H groups in total. The lowest BCUT2D eigenvalue weighted by atomic mass is 10.1. The average molecular weight is 499 g/mol. The molecule has 3 aromatic rings. The zero-order chi connectivity index (χ0) is 25.3. The van der Waals surface area contributed by atoms with Crippen LogP contribution in [-0.4, -0.2) is 47.4 Å². The van der Waals surface area contributed by atoms with Crippen LogP contribution < -0.4 is 23.8 Å². The molecule has 35 heavy (non-hydrogen) atoms. The summed E-state index contributed by atoms with van der Waals surface area (Å²) in [6.07, 6.45) is 1.17. The van der Waals surface area contributed by atoms with Gasteiger partial charge in [-0.3, -0.25) is 9.10 Å². The van der Waals surface area contributed by atoms with Crippen LogP contribution in [0.5, 0.6) is 17.2 Å². The van der Waals surface area contributed by atoms with Gasteiger partial charge < -0.3 is 19.5 Å². The van der Waals surface area contributed by atoms with Gasteiger partial charge >= 0.3 is 0 Å². The molecular formula is C26H30N2O6S. The summed E-state index contributed by atoms with van der Waals surface area (Å²) >= 11 is 0. The summed E-state index contributed by atoms with van der Waals surface area (Å²) in [5.41, 5.74) is 1.76. The highest BCUT2D eigenvalue weighted by atomic mass is 32.2. The molecule has 0 unspecified atom stereocenters. The molecule has 3 aromatic carbocycles. The number of para-hydroxylation sites is 2. The summed E-state index contributed by atoms with van der Waals surface area (Å²) in [4.78, 5) is 12.5. The number of carbonyl (C=O) groups is 1. The van der Waals surface area contributed by atoms with Crippen molar-refractivity contribution in [2.45, 2.75) is 13.5 Å². The second-order valence-electron chi connectivity index (χ2n) is 7.65. The molecule has 8 nitrogen and oxygen atoms in total. The first-order valence-corrected chi connectivity index (χ1v) is 13.0. The predicted molar refractivity (Wildman–Crippen MR) is 136 cm³/mol. The Morgan fingerprint density at radius 3 is 2.17 bits per heavy atom. The van der Waals surface area contributed by atoms with E-state index in [4.69, 9.17) is 14.2 Å². The van der Waals surface area contributed by atoms with E-state index in [0.29, 0.717) is 41.7 Å². The maximum Gasteiger partial charge on any atom is 0.251 e. The monoisotopic (exact) mass is 498 g/mol. The van der Waals surface area contributed by atoms with Crippen molar-refractivity contribution in [1.29, 1.82) is 0 Å². The first-order valence-electron chi connectivity index (χ1n) is 11.2. The molecule has 0 spiro atoms. The van der Waals surface area contributed by atoms with E-state index in [0.717, 1.165) is 5.56 Å². The van der Waals surface area contributed by atoms with Crippen LogP contribution in [0.2, 0.25) is 0 Å². The number of nitrogens with one attached hydrogen (secondary N) is 1. The molecule has 0 saturated carbocycles. The van der Waals surface area contributed by atoms with Crippen LogP contribution in [0, 0.1) is 0 Å². The van der Waals surface area contributed by atoms with Gasteiger partial charge in [0.25, 0.3) is 5.91 Å². The fourth-order valence-corrected chi connectivity index (χ4v) is 4.26. The summed E-state index contributed by atoms with van der Waals surface area (Å²) in [6.45, 7) is 3.16. The van der Waals surface area contributed by atoms with Gasteiger partial charge in [-0.2, -0.15) is 0 Å². The molecule has 0 aliphatic carbocycles. The Bertz CT molecular complexity index is 1210. The van der Waals surface area contributed by atoms with Gasteiger partial charge in [0, 0.05) is 5.56 Å². The van der Waals surface area contributed by atoms with Crippen LogP contribution in [0.15, 0.2) is 72.8 Å². The Morgan fingerprint density at radius 1 is 0.914 bits per heavy atom. The van der Waals surface area contributed by atoms with Crippen molar-refractivity contribution in [2.75, 3.05) is 37.4 Å². The third-order valence-corrected chi connectivity index (χ3v) is 6.23. The lowest BCUT2D eigenvalue weighted by Crippen LogP contribution is -2.29. The van der Waals surface area contributed by atoms with E-state index in [1.165, 1.54) is 10.6 Å². The normalized spacial score (nSPS) is 10.9. The SMILES string of the molecule is CCOc1ccc(N(Cc2ccc(C(=O)NCCOc3ccccc3OC)cc2)S(C)(=O)=O)cc1. The third kappa shape index (κ3) is 7.38. The zero-order valence-electron chi connectivity index (χ0n) is 20.1. The molecule has 0 heterocycles. The number of methoxy groups -OCH3 is 1. The van der Waals surface area contributed by atoms with Gasteiger partial charge in [0.1, 0.15) is 12.4 Å². The Kier molecular flexibility index (Phi) is 8.97. The van der Waals surface area contributed by atoms with Crippen molar-refractivity contribution in [3.05, 3.63) is 83.9 Å². The molecular weight excluding hydrogens is 468 g/mol. The zero-order valence-corrected chi connectivity index (χ0v) is 20.9. The van der Waals surface area contributed by atoms with E-state index in [-0.39, 0.29) is 19.1 Å². The topological polar surface area (TPSA) is 94.2 Å². The minimum atomic E-state index is -3.52. The minimum absolute atomic E-state index is 0.140. The fourth-order valence-electron chi connectivity index (χ4n) is 3.37. The van der Waals surface area contributed by atoms with E-state index < -0.39 is 10.0 Å². The first kappa shape index (κ1) is 25.9. The van der Waals surface area contributed by atoms with Crippen LogP contribution in [0.25, 0.3) is 0 Å². The number of benzene rings is 3. The lowest BCUT2D eigenvalue weighted by molar-refractivity contribution is 0.0946. The molecule has 0 aromatic heterocycles. The quantitative estimate of drug-likeness (QED) is 0.381. The molecule has 0 bridgehead atoms. The van der Waals surface area contributed by atoms with Crippen LogP contribution in [0.4, 0.5) is 5.69 Å². The molecule has 0 aliphatic rings. The van der Waals surface area contributed by atoms with Crippen molar-refractivity contribution in [1.82, 2.24) is 5.32 Å². The van der Waals surface area contributed by atoms with Gasteiger partial charge in [0.15, 0.2) is 11.5 Å². The van der Waals surface area contributed by atoms with Gasteiger partial charge in [0.05, 0.1) is 38.7 Å². The summed E-state index contributed by atoms with van der Waals surface area (Å²) in [5, 5.41) is 2.81. The van der Waals surface area contributed by atoms with Gasteiger partial charge in [-0.25, -0.2) is 8.42 Å². The standard InChI is InChI=1S/C26H30N2O6S/c1-4-33-23-15-13-22(14-16-23)28(35(3,30)31)19-20-9-11-21(12-10-20)26(29)27-17-18-34-25-8-6-5-7-24(25)32-2/h5-16H,4,17-19H2,1-3H3,(H,27,29). The molecule has 0 aliphatic heterocycles. The van der Waals surface area contributed by atoms with Gasteiger partial charge in [-0.1, -0.05) is 24.3 Å². The number of ether oxygens (including phenoxy) is 3. The van der Waals surface area contributed by atoms with E-state index >= 15 is 0 Å². The predicted octanol–water partition coefficient (Wildman–Crippen LogP) is 3.87. The third-order valence-electron chi connectivity index (χ3n) is 5.09. The smallest absolute Gasteiger partial charge is 0.251 e. The van der Waals surface area contributed by atoms with Crippen molar-refractivity contribution in [3.8, 4) is 17.2 Å². The largest absolute Gasteiger partial charge is 0.494 e. The van der Waals surface area contributed by atoms with E-state index in [2.05, 4.69) is 5.32 Å². The number of sulfonamides is 1. The maximum atomic E-state index is 12.5. The number of hydrogen-bond acceptors (Lipinski definition) is 6. The Hall–Kier alpha value is -3.72. The summed E-state index contributed by atoms with van der Waals surface area (Å²) in [5.74, 6) is 1.67.